The van der Waals surface area contributed by atoms with E-state index in [1.807, 2.05) is 40.5 Å². The molecule has 1 heteroatoms. The van der Waals surface area contributed by atoms with Crippen LogP contribution < -0.4 is 0 Å². The van der Waals surface area contributed by atoms with Crippen LogP contribution in [0.3, 0.4) is 0 Å². The molecule has 0 N–H and O–H groups in total. The summed E-state index contributed by atoms with van der Waals surface area (Å²) in [6.07, 6.45) is 3.89. The molecule has 0 aliphatic rings. The fourth-order valence-corrected chi connectivity index (χ4v) is 0.841. The van der Waals surface area contributed by atoms with Crippen LogP contribution in [0.4, 0.5) is 0 Å². The molecule has 84 valence electrons. The first-order valence-corrected chi connectivity index (χ1v) is 4.57. The molecule has 10 radical (unpaired) electrons. The zero-order valence-electron chi connectivity index (χ0n) is 10.3. The summed E-state index contributed by atoms with van der Waals surface area (Å²) in [7, 11) is 0. The summed E-state index contributed by atoms with van der Waals surface area (Å²) in [5.74, 6) is 4.25. The van der Waals surface area contributed by atoms with Gasteiger partial charge in [0.25, 0.3) is 0 Å². The van der Waals surface area contributed by atoms with Gasteiger partial charge in [-0.2, -0.15) is 0 Å². The van der Waals surface area contributed by atoms with Crippen LogP contribution in [0.2, 0.25) is 0 Å². The largest absolute Gasteiger partial charge is 2.00 e. The van der Waals surface area contributed by atoms with Crippen LogP contribution in [-0.4, -0.2) is 0 Å². The molecule has 0 aromatic carbocycles. The van der Waals surface area contributed by atoms with Crippen molar-refractivity contribution in [1.82, 2.24) is 0 Å². The van der Waals surface area contributed by atoms with E-state index in [1.165, 1.54) is 0 Å². The fourth-order valence-electron chi connectivity index (χ4n) is 0.841. The van der Waals surface area contributed by atoms with E-state index in [2.05, 4.69) is 27.7 Å². The second-order valence-corrected chi connectivity index (χ2v) is 3.67. The maximum absolute atomic E-state index is 3.68. The predicted molar refractivity (Wildman–Crippen MR) is 65.7 cm³/mol. The summed E-state index contributed by atoms with van der Waals surface area (Å²) in [6, 6.07) is 0. The van der Waals surface area contributed by atoms with Crippen molar-refractivity contribution < 1.29 is 19.5 Å². The minimum absolute atomic E-state index is 0. The molecule has 0 aromatic heterocycles. The average Bonchev–Trinajstić information content (AvgIpc) is 1.79. The van der Waals surface area contributed by atoms with Crippen LogP contribution in [0.1, 0.15) is 27.7 Å². The monoisotopic (exact) mass is 292 g/mol. The molecule has 0 fully saturated rings. The van der Waals surface area contributed by atoms with E-state index < -0.39 is 0 Å². The third kappa shape index (κ3) is 31.3. The van der Waals surface area contributed by atoms with Gasteiger partial charge in [0.1, 0.15) is 0 Å². The van der Waals surface area contributed by atoms with Crippen molar-refractivity contribution in [2.45, 2.75) is 27.7 Å². The molecule has 0 saturated carbocycles. The van der Waals surface area contributed by atoms with Crippen molar-refractivity contribution in [3.8, 4) is 0 Å². The Bertz CT molecular complexity index is 77.9. The number of rotatable bonds is 4. The molecule has 0 aromatic rings. The second-order valence-electron chi connectivity index (χ2n) is 3.67. The standard InChI is InChI=1S/2C7H11.Ru/c2*1-6(2)5-7(3)4;/h2*5H,1,3H2,2,4H3;/q;;+2. The first-order valence-electron chi connectivity index (χ1n) is 4.57. The molecule has 0 bridgehead atoms. The molecular formula is C14H22Ru+2. The maximum atomic E-state index is 3.68. The van der Waals surface area contributed by atoms with Gasteiger partial charge in [-0.15, -0.1) is 0 Å². The molecule has 0 atom stereocenters. The van der Waals surface area contributed by atoms with Gasteiger partial charge < -0.3 is 0 Å². The molecule has 0 unspecified atom stereocenters. The van der Waals surface area contributed by atoms with Crippen LogP contribution in [0.25, 0.3) is 0 Å². The van der Waals surface area contributed by atoms with Gasteiger partial charge >= 0.3 is 19.5 Å². The topological polar surface area (TPSA) is 0 Å². The second kappa shape index (κ2) is 12.7. The summed E-state index contributed by atoms with van der Waals surface area (Å²) in [4.78, 5) is 0. The third-order valence-corrected chi connectivity index (χ3v) is 0.986. The van der Waals surface area contributed by atoms with Gasteiger partial charge in [-0.05, 0) is 64.2 Å². The van der Waals surface area contributed by atoms with Crippen molar-refractivity contribution in [3.05, 3.63) is 64.2 Å². The Morgan fingerprint density at radius 1 is 0.600 bits per heavy atom. The van der Waals surface area contributed by atoms with Gasteiger partial charge in [-0.1, -0.05) is 27.7 Å². The molecule has 0 nitrogen and oxygen atoms in total. The Balaban J connectivity index is -0.000000180. The first kappa shape index (κ1) is 21.0. The van der Waals surface area contributed by atoms with Gasteiger partial charge in [-0.3, -0.25) is 0 Å². The summed E-state index contributed by atoms with van der Waals surface area (Å²) in [5.41, 5.74) is 0. The smallest absolute Gasteiger partial charge is 0.0588 e. The van der Waals surface area contributed by atoms with E-state index in [9.17, 15) is 0 Å². The van der Waals surface area contributed by atoms with Crippen LogP contribution in [0.5, 0.6) is 0 Å². The van der Waals surface area contributed by atoms with Crippen molar-refractivity contribution in [1.29, 1.82) is 0 Å². The SMILES string of the molecule is [CH2][C](C)[CH][C]([CH2])C.[CH2][C](C)[CH][C]([CH2])C.[Ru+2]. The summed E-state index contributed by atoms with van der Waals surface area (Å²) >= 11 is 0. The Kier molecular flexibility index (Phi) is 17.7. The molecule has 0 aliphatic heterocycles. The van der Waals surface area contributed by atoms with Gasteiger partial charge in [0.05, 0.1) is 0 Å². The summed E-state index contributed by atoms with van der Waals surface area (Å²) < 4.78 is 0. The number of hydrogen-bond acceptors (Lipinski definition) is 0. The Morgan fingerprint density at radius 3 is 0.733 bits per heavy atom. The minimum Gasteiger partial charge on any atom is -0.0588 e. The van der Waals surface area contributed by atoms with Gasteiger partial charge in [0.15, 0.2) is 0 Å². The quantitative estimate of drug-likeness (QED) is 0.684. The van der Waals surface area contributed by atoms with Gasteiger partial charge in [-0.25, -0.2) is 0 Å². The van der Waals surface area contributed by atoms with Crippen molar-refractivity contribution in [2.24, 2.45) is 0 Å². The average molecular weight is 291 g/mol. The van der Waals surface area contributed by atoms with Crippen molar-refractivity contribution in [3.63, 3.8) is 0 Å². The summed E-state index contributed by atoms with van der Waals surface area (Å²) in [5, 5.41) is 0. The molecule has 0 heterocycles. The maximum Gasteiger partial charge on any atom is 2.00 e. The third-order valence-electron chi connectivity index (χ3n) is 0.986. The normalized spacial score (nSPS) is 10.4. The number of hydrogen-bond donors (Lipinski definition) is 0. The predicted octanol–water partition coefficient (Wildman–Crippen LogP) is 4.09. The van der Waals surface area contributed by atoms with Crippen LogP contribution in [0.15, 0.2) is 0 Å². The van der Waals surface area contributed by atoms with E-state index in [-0.39, 0.29) is 19.5 Å². The van der Waals surface area contributed by atoms with Gasteiger partial charge in [0.2, 0.25) is 0 Å². The molecule has 0 saturated heterocycles. The molecule has 0 rings (SSSR count). The molecule has 0 aliphatic carbocycles. The van der Waals surface area contributed by atoms with E-state index in [4.69, 9.17) is 0 Å². The summed E-state index contributed by atoms with van der Waals surface area (Å²) in [6.45, 7) is 22.5. The first-order chi connectivity index (χ1) is 6.25. The molecule has 0 amide bonds. The van der Waals surface area contributed by atoms with E-state index in [0.717, 1.165) is 23.7 Å². The Labute approximate surface area is 111 Å². The Morgan fingerprint density at radius 2 is 0.733 bits per heavy atom. The van der Waals surface area contributed by atoms with Crippen LogP contribution in [0, 0.1) is 64.2 Å². The van der Waals surface area contributed by atoms with E-state index in [1.54, 1.807) is 0 Å². The minimum atomic E-state index is 0. The zero-order chi connectivity index (χ0) is 11.7. The molecule has 0 spiro atoms. The molecular weight excluding hydrogens is 269 g/mol. The van der Waals surface area contributed by atoms with Gasteiger partial charge in [0, 0.05) is 0 Å². The van der Waals surface area contributed by atoms with Crippen LogP contribution >= 0.6 is 0 Å². The van der Waals surface area contributed by atoms with E-state index in [0.29, 0.717) is 0 Å². The Hall–Kier alpha value is 0.623. The molecule has 15 heavy (non-hydrogen) atoms. The fraction of sp³-hybridized carbons (Fsp3) is 0.286. The van der Waals surface area contributed by atoms with E-state index >= 15 is 0 Å². The van der Waals surface area contributed by atoms with Crippen LogP contribution in [-0.2, 0) is 19.5 Å². The zero-order valence-corrected chi connectivity index (χ0v) is 12.1. The van der Waals surface area contributed by atoms with Crippen molar-refractivity contribution >= 4 is 0 Å². The van der Waals surface area contributed by atoms with Crippen molar-refractivity contribution in [2.75, 3.05) is 0 Å².